The maximum absolute atomic E-state index is 11.8. The molecule has 1 amide bonds. The second kappa shape index (κ2) is 6.67. The van der Waals surface area contributed by atoms with Gasteiger partial charge in [-0.05, 0) is 19.2 Å². The number of rotatable bonds is 4. The van der Waals surface area contributed by atoms with Gasteiger partial charge in [-0.25, -0.2) is 4.98 Å². The number of likely N-dealkylation sites (N-methyl/N-ethyl adjacent to an activating group) is 1. The predicted octanol–water partition coefficient (Wildman–Crippen LogP) is 0.208. The highest BCUT2D eigenvalue weighted by molar-refractivity contribution is 5.93. The van der Waals surface area contributed by atoms with Gasteiger partial charge >= 0.3 is 0 Å². The van der Waals surface area contributed by atoms with Gasteiger partial charge in [-0.1, -0.05) is 0 Å². The lowest BCUT2D eigenvalue weighted by atomic mass is 10.2. The highest BCUT2D eigenvalue weighted by atomic mass is 16.5. The number of ether oxygens (including phenoxy) is 1. The molecule has 2 heterocycles. The first-order valence-corrected chi connectivity index (χ1v) is 6.80. The summed E-state index contributed by atoms with van der Waals surface area (Å²) in [5.41, 5.74) is 0.610. The van der Waals surface area contributed by atoms with Gasteiger partial charge in [-0.15, -0.1) is 0 Å². The van der Waals surface area contributed by atoms with E-state index < -0.39 is 0 Å². The van der Waals surface area contributed by atoms with Crippen LogP contribution in [0.4, 0.5) is 5.82 Å². The molecule has 1 atom stereocenters. The van der Waals surface area contributed by atoms with Gasteiger partial charge in [0.15, 0.2) is 0 Å². The molecule has 1 aromatic heterocycles. The van der Waals surface area contributed by atoms with Crippen LogP contribution < -0.4 is 10.2 Å². The Hall–Kier alpha value is -1.66. The number of amides is 1. The number of aromatic nitrogens is 1. The van der Waals surface area contributed by atoms with Gasteiger partial charge in [0, 0.05) is 39.9 Å². The van der Waals surface area contributed by atoms with Crippen LogP contribution in [-0.2, 0) is 4.74 Å². The van der Waals surface area contributed by atoms with Gasteiger partial charge in [0.1, 0.15) is 5.82 Å². The maximum atomic E-state index is 11.8. The first kappa shape index (κ1) is 14.7. The van der Waals surface area contributed by atoms with E-state index in [2.05, 4.69) is 15.2 Å². The average molecular weight is 278 g/mol. The fourth-order valence-electron chi connectivity index (χ4n) is 2.24. The Kier molecular flexibility index (Phi) is 4.92. The molecule has 20 heavy (non-hydrogen) atoms. The van der Waals surface area contributed by atoms with Gasteiger partial charge in [-0.3, -0.25) is 4.79 Å². The van der Waals surface area contributed by atoms with Crippen LogP contribution >= 0.6 is 0 Å². The highest BCUT2D eigenvalue weighted by Gasteiger charge is 2.21. The first-order valence-electron chi connectivity index (χ1n) is 6.80. The van der Waals surface area contributed by atoms with Gasteiger partial charge in [0.25, 0.3) is 5.91 Å². The van der Waals surface area contributed by atoms with Crippen LogP contribution in [0.5, 0.6) is 0 Å². The molecule has 110 valence electrons. The van der Waals surface area contributed by atoms with Crippen LogP contribution in [0.1, 0.15) is 10.4 Å². The summed E-state index contributed by atoms with van der Waals surface area (Å²) >= 11 is 0. The van der Waals surface area contributed by atoms with E-state index in [-0.39, 0.29) is 12.0 Å². The van der Waals surface area contributed by atoms with Crippen molar-refractivity contribution in [3.8, 4) is 0 Å². The molecular weight excluding hydrogens is 256 g/mol. The van der Waals surface area contributed by atoms with E-state index in [4.69, 9.17) is 4.74 Å². The monoisotopic (exact) mass is 278 g/mol. The molecule has 1 aliphatic heterocycles. The third-order valence-corrected chi connectivity index (χ3v) is 3.30. The lowest BCUT2D eigenvalue weighted by Crippen LogP contribution is -2.46. The normalized spacial score (nSPS) is 18.9. The molecule has 6 heteroatoms. The fourth-order valence-corrected chi connectivity index (χ4v) is 2.24. The van der Waals surface area contributed by atoms with Gasteiger partial charge in [0.2, 0.25) is 0 Å². The zero-order chi connectivity index (χ0) is 14.5. The number of anilines is 1. The summed E-state index contributed by atoms with van der Waals surface area (Å²) in [6, 6.07) is 3.73. The number of nitrogens with one attached hydrogen (secondary N) is 1. The van der Waals surface area contributed by atoms with E-state index in [9.17, 15) is 4.79 Å². The minimum Gasteiger partial charge on any atom is -0.373 e. The standard InChI is InChI=1S/C14H22N4O2/c1-15-9-12-10-18(6-7-20-12)13-5-4-11(8-16-13)14(19)17(2)3/h4-5,8,12,15H,6-7,9-10H2,1-3H3. The second-order valence-corrected chi connectivity index (χ2v) is 5.10. The van der Waals surface area contributed by atoms with Crippen molar-refractivity contribution in [1.82, 2.24) is 15.2 Å². The minimum atomic E-state index is -0.0286. The zero-order valence-electron chi connectivity index (χ0n) is 12.3. The fraction of sp³-hybridized carbons (Fsp3) is 0.571. The Labute approximate surface area is 119 Å². The maximum Gasteiger partial charge on any atom is 0.254 e. The smallest absolute Gasteiger partial charge is 0.254 e. The molecule has 1 aliphatic rings. The average Bonchev–Trinajstić information content (AvgIpc) is 2.47. The number of pyridine rings is 1. The van der Waals surface area contributed by atoms with E-state index >= 15 is 0 Å². The summed E-state index contributed by atoms with van der Waals surface area (Å²) in [7, 11) is 5.39. The molecule has 0 bridgehead atoms. The molecule has 6 nitrogen and oxygen atoms in total. The molecular formula is C14H22N4O2. The topological polar surface area (TPSA) is 57.7 Å². The molecule has 0 spiro atoms. The number of carbonyl (C=O) groups is 1. The Morgan fingerprint density at radius 3 is 2.95 bits per heavy atom. The van der Waals surface area contributed by atoms with Crippen LogP contribution in [0.2, 0.25) is 0 Å². The summed E-state index contributed by atoms with van der Waals surface area (Å²) in [6.07, 6.45) is 1.82. The van der Waals surface area contributed by atoms with Crippen LogP contribution in [-0.4, -0.2) is 69.3 Å². The molecule has 1 N–H and O–H groups in total. The Bertz CT molecular complexity index is 445. The number of nitrogens with zero attached hydrogens (tertiary/aromatic N) is 3. The van der Waals surface area contributed by atoms with E-state index in [1.54, 1.807) is 25.2 Å². The number of carbonyl (C=O) groups excluding carboxylic acids is 1. The largest absolute Gasteiger partial charge is 0.373 e. The van der Waals surface area contributed by atoms with Crippen LogP contribution in [0.15, 0.2) is 18.3 Å². The number of hydrogen-bond acceptors (Lipinski definition) is 5. The van der Waals surface area contributed by atoms with Gasteiger partial charge in [0.05, 0.1) is 18.3 Å². The lowest BCUT2D eigenvalue weighted by Gasteiger charge is -2.33. The Morgan fingerprint density at radius 2 is 2.35 bits per heavy atom. The van der Waals surface area contributed by atoms with Gasteiger partial charge in [-0.2, -0.15) is 0 Å². The second-order valence-electron chi connectivity index (χ2n) is 5.10. The quantitative estimate of drug-likeness (QED) is 0.853. The van der Waals surface area contributed by atoms with Crippen molar-refractivity contribution in [2.75, 3.05) is 52.3 Å². The summed E-state index contributed by atoms with van der Waals surface area (Å²) in [6.45, 7) is 3.17. The summed E-state index contributed by atoms with van der Waals surface area (Å²) in [4.78, 5) is 20.0. The van der Waals surface area contributed by atoms with Crippen molar-refractivity contribution in [3.63, 3.8) is 0 Å². The third-order valence-electron chi connectivity index (χ3n) is 3.30. The lowest BCUT2D eigenvalue weighted by molar-refractivity contribution is 0.0419. The minimum absolute atomic E-state index is 0.0286. The third kappa shape index (κ3) is 3.46. The molecule has 0 saturated carbocycles. The summed E-state index contributed by atoms with van der Waals surface area (Å²) in [5, 5.41) is 3.12. The predicted molar refractivity (Wildman–Crippen MR) is 78.1 cm³/mol. The number of morpholine rings is 1. The number of hydrogen-bond donors (Lipinski definition) is 1. The molecule has 1 saturated heterocycles. The zero-order valence-corrected chi connectivity index (χ0v) is 12.3. The molecule has 1 aromatic rings. The van der Waals surface area contributed by atoms with Crippen LogP contribution in [0.3, 0.4) is 0 Å². The van der Waals surface area contributed by atoms with Crippen molar-refractivity contribution in [3.05, 3.63) is 23.9 Å². The van der Waals surface area contributed by atoms with Crippen LogP contribution in [0, 0.1) is 0 Å². The van der Waals surface area contributed by atoms with E-state index in [0.29, 0.717) is 12.2 Å². The van der Waals surface area contributed by atoms with Crippen molar-refractivity contribution >= 4 is 11.7 Å². The molecule has 0 aliphatic carbocycles. The van der Waals surface area contributed by atoms with Gasteiger partial charge < -0.3 is 19.9 Å². The Morgan fingerprint density at radius 1 is 1.55 bits per heavy atom. The molecule has 1 unspecified atom stereocenters. The molecule has 1 fully saturated rings. The summed E-state index contributed by atoms with van der Waals surface area (Å²) < 4.78 is 5.67. The molecule has 0 aromatic carbocycles. The molecule has 2 rings (SSSR count). The van der Waals surface area contributed by atoms with Crippen molar-refractivity contribution < 1.29 is 9.53 Å². The first-order chi connectivity index (χ1) is 9.61. The van der Waals surface area contributed by atoms with Crippen molar-refractivity contribution in [2.45, 2.75) is 6.10 Å². The van der Waals surface area contributed by atoms with E-state index in [0.717, 1.165) is 25.5 Å². The van der Waals surface area contributed by atoms with Crippen LogP contribution in [0.25, 0.3) is 0 Å². The Balaban J connectivity index is 2.04. The SMILES string of the molecule is CNCC1CN(c2ccc(C(=O)N(C)C)cn2)CCO1. The van der Waals surface area contributed by atoms with E-state index in [1.165, 1.54) is 0 Å². The van der Waals surface area contributed by atoms with Crippen molar-refractivity contribution in [2.24, 2.45) is 0 Å². The summed E-state index contributed by atoms with van der Waals surface area (Å²) in [5.74, 6) is 0.865. The molecule has 0 radical (unpaired) electrons. The highest BCUT2D eigenvalue weighted by Crippen LogP contribution is 2.15. The van der Waals surface area contributed by atoms with E-state index in [1.807, 2.05) is 19.2 Å². The van der Waals surface area contributed by atoms with Crippen molar-refractivity contribution in [1.29, 1.82) is 0 Å².